The lowest BCUT2D eigenvalue weighted by Gasteiger charge is -2.25. The van der Waals surface area contributed by atoms with E-state index in [1.54, 1.807) is 13.2 Å². The highest BCUT2D eigenvalue weighted by Gasteiger charge is 2.27. The number of rotatable bonds is 9. The quantitative estimate of drug-likeness (QED) is 0.404. The monoisotopic (exact) mass is 419 g/mol. The summed E-state index contributed by atoms with van der Waals surface area (Å²) >= 11 is 0. The number of fused-ring (bicyclic) bond motifs is 3. The minimum Gasteiger partial charge on any atom is -0.497 e. The lowest BCUT2D eigenvalue weighted by molar-refractivity contribution is 0.0698. The Labute approximate surface area is 184 Å². The molecule has 1 atom stereocenters. The van der Waals surface area contributed by atoms with Gasteiger partial charge in [0.1, 0.15) is 5.75 Å². The number of carboxylic acid groups (broad SMARTS) is 1. The van der Waals surface area contributed by atoms with Crippen molar-refractivity contribution in [1.82, 2.24) is 4.57 Å². The summed E-state index contributed by atoms with van der Waals surface area (Å²) in [5, 5.41) is 11.0. The van der Waals surface area contributed by atoms with E-state index in [0.717, 1.165) is 35.1 Å². The normalized spacial score (nSPS) is 15.7. The predicted molar refractivity (Wildman–Crippen MR) is 125 cm³/mol. The first kappa shape index (κ1) is 21.5. The van der Waals surface area contributed by atoms with Crippen LogP contribution in [0.2, 0.25) is 0 Å². The number of nitrogens with zero attached hydrogens (tertiary/aromatic N) is 1. The van der Waals surface area contributed by atoms with Gasteiger partial charge in [0, 0.05) is 17.6 Å². The summed E-state index contributed by atoms with van der Waals surface area (Å²) in [4.78, 5) is 12.1. The molecule has 1 heterocycles. The molecule has 0 spiro atoms. The number of aryl methyl sites for hydroxylation is 1. The van der Waals surface area contributed by atoms with E-state index in [0.29, 0.717) is 18.0 Å². The number of carboxylic acids is 1. The third kappa shape index (κ3) is 4.48. The fraction of sp³-hybridized carbons (Fsp3) is 0.444. The number of unbranched alkanes of at least 4 members (excludes halogenated alkanes) is 3. The maximum atomic E-state index is 12.1. The van der Waals surface area contributed by atoms with Crippen molar-refractivity contribution in [3.63, 3.8) is 0 Å². The smallest absolute Gasteiger partial charge is 0.337 e. The van der Waals surface area contributed by atoms with Crippen molar-refractivity contribution >= 4 is 16.9 Å². The second-order valence-corrected chi connectivity index (χ2v) is 8.83. The molecule has 0 fully saturated rings. The number of hydrogen-bond donors (Lipinski definition) is 1. The Balaban J connectivity index is 1.74. The first-order valence-corrected chi connectivity index (χ1v) is 11.6. The molecule has 1 aliphatic carbocycles. The van der Waals surface area contributed by atoms with Crippen molar-refractivity contribution in [2.45, 2.75) is 64.8 Å². The summed E-state index contributed by atoms with van der Waals surface area (Å²) in [5.41, 5.74) is 5.08. The van der Waals surface area contributed by atoms with Gasteiger partial charge in [-0.2, -0.15) is 0 Å². The number of carbonyl (C=O) groups is 1. The van der Waals surface area contributed by atoms with E-state index in [1.807, 2.05) is 24.3 Å². The summed E-state index contributed by atoms with van der Waals surface area (Å²) in [7, 11) is 1.68. The number of methoxy groups -OCH3 is 1. The molecule has 4 heteroatoms. The molecule has 1 N–H and O–H groups in total. The zero-order valence-electron chi connectivity index (χ0n) is 18.7. The molecule has 0 aliphatic heterocycles. The number of benzene rings is 2. The van der Waals surface area contributed by atoms with E-state index in [9.17, 15) is 9.90 Å². The Hall–Kier alpha value is -2.75. The highest BCUT2D eigenvalue weighted by atomic mass is 16.5. The molecule has 4 rings (SSSR count). The molecule has 2 aromatic carbocycles. The van der Waals surface area contributed by atoms with Gasteiger partial charge in [0.05, 0.1) is 18.2 Å². The maximum Gasteiger partial charge on any atom is 0.337 e. The Bertz CT molecular complexity index is 1070. The minimum absolute atomic E-state index is 0.397. The molecule has 4 nitrogen and oxygen atoms in total. The van der Waals surface area contributed by atoms with Crippen LogP contribution in [0, 0.1) is 5.92 Å². The zero-order valence-corrected chi connectivity index (χ0v) is 18.7. The van der Waals surface area contributed by atoms with E-state index in [2.05, 4.69) is 23.6 Å². The number of ether oxygens (including phenoxy) is 1. The van der Waals surface area contributed by atoms with Crippen LogP contribution in [0.25, 0.3) is 10.9 Å². The van der Waals surface area contributed by atoms with Crippen molar-refractivity contribution in [3.05, 3.63) is 64.8 Å². The van der Waals surface area contributed by atoms with Crippen molar-refractivity contribution in [2.75, 3.05) is 7.11 Å². The molecule has 0 saturated carbocycles. The van der Waals surface area contributed by atoms with Gasteiger partial charge in [-0.3, -0.25) is 0 Å². The summed E-state index contributed by atoms with van der Waals surface area (Å²) in [5.74, 6) is 0.657. The molecule has 0 saturated heterocycles. The van der Waals surface area contributed by atoms with Gasteiger partial charge in [-0.25, -0.2) is 4.79 Å². The van der Waals surface area contributed by atoms with Crippen molar-refractivity contribution < 1.29 is 14.6 Å². The number of aromatic nitrogens is 1. The maximum absolute atomic E-state index is 12.1. The Kier molecular flexibility index (Phi) is 6.64. The first-order chi connectivity index (χ1) is 15.1. The summed E-state index contributed by atoms with van der Waals surface area (Å²) in [6, 6.07) is 13.8. The fourth-order valence-corrected chi connectivity index (χ4v) is 5.17. The van der Waals surface area contributed by atoms with Crippen LogP contribution >= 0.6 is 0 Å². The Morgan fingerprint density at radius 2 is 2.00 bits per heavy atom. The zero-order chi connectivity index (χ0) is 21.8. The number of para-hydroxylation sites is 1. The predicted octanol–water partition coefficient (Wildman–Crippen LogP) is 6.47. The van der Waals surface area contributed by atoms with Crippen LogP contribution in [-0.2, 0) is 19.4 Å². The van der Waals surface area contributed by atoms with Crippen LogP contribution in [0.5, 0.6) is 5.75 Å². The second-order valence-electron chi connectivity index (χ2n) is 8.83. The van der Waals surface area contributed by atoms with Crippen molar-refractivity contribution in [1.29, 1.82) is 0 Å². The van der Waals surface area contributed by atoms with Gasteiger partial charge < -0.3 is 14.4 Å². The standard InChI is InChI=1S/C27H33NO3/c1-3-4-5-6-9-19-14-15-22-23-12-8-13-24(27(29)30)26(23)28(25(22)17-19)18-20-10-7-11-21(16-20)31-2/h7-8,10-13,16,19H,3-6,9,14-15,17-18H2,1-2H3,(H,29,30). The van der Waals surface area contributed by atoms with Gasteiger partial charge in [0.15, 0.2) is 0 Å². The lowest BCUT2D eigenvalue weighted by atomic mass is 9.83. The topological polar surface area (TPSA) is 51.5 Å². The average Bonchev–Trinajstić information content (AvgIpc) is 3.10. The van der Waals surface area contributed by atoms with Crippen molar-refractivity contribution in [2.24, 2.45) is 5.92 Å². The molecular formula is C27H33NO3. The van der Waals surface area contributed by atoms with Gasteiger partial charge >= 0.3 is 5.97 Å². The van der Waals surface area contributed by atoms with Crippen LogP contribution in [-0.4, -0.2) is 22.8 Å². The lowest BCUT2D eigenvalue weighted by Crippen LogP contribution is -2.17. The molecule has 1 unspecified atom stereocenters. The second kappa shape index (κ2) is 9.59. The molecule has 164 valence electrons. The van der Waals surface area contributed by atoms with Gasteiger partial charge in [0.2, 0.25) is 0 Å². The van der Waals surface area contributed by atoms with Crippen LogP contribution in [0.15, 0.2) is 42.5 Å². The van der Waals surface area contributed by atoms with Gasteiger partial charge in [-0.15, -0.1) is 0 Å². The first-order valence-electron chi connectivity index (χ1n) is 11.6. The van der Waals surface area contributed by atoms with Crippen LogP contribution in [0.4, 0.5) is 0 Å². The van der Waals surface area contributed by atoms with Gasteiger partial charge in [-0.05, 0) is 54.5 Å². The third-order valence-electron chi connectivity index (χ3n) is 6.76. The van der Waals surface area contributed by atoms with E-state index in [4.69, 9.17) is 4.74 Å². The largest absolute Gasteiger partial charge is 0.497 e. The van der Waals surface area contributed by atoms with E-state index >= 15 is 0 Å². The van der Waals surface area contributed by atoms with Crippen LogP contribution in [0.1, 0.15) is 72.6 Å². The molecule has 0 amide bonds. The third-order valence-corrected chi connectivity index (χ3v) is 6.76. The summed E-state index contributed by atoms with van der Waals surface area (Å²) in [6.07, 6.45) is 9.75. The Morgan fingerprint density at radius 3 is 2.77 bits per heavy atom. The van der Waals surface area contributed by atoms with E-state index < -0.39 is 5.97 Å². The SMILES string of the molecule is CCCCCCC1CCc2c(n(Cc3cccc(OC)c3)c3c(C(=O)O)cccc23)C1. The highest BCUT2D eigenvalue weighted by Crippen LogP contribution is 2.38. The minimum atomic E-state index is -0.858. The average molecular weight is 420 g/mol. The fourth-order valence-electron chi connectivity index (χ4n) is 5.17. The van der Waals surface area contributed by atoms with Gasteiger partial charge in [-0.1, -0.05) is 63.3 Å². The van der Waals surface area contributed by atoms with Crippen LogP contribution in [0.3, 0.4) is 0 Å². The Morgan fingerprint density at radius 1 is 1.16 bits per heavy atom. The molecule has 0 radical (unpaired) electrons. The van der Waals surface area contributed by atoms with Gasteiger partial charge in [0.25, 0.3) is 0 Å². The highest BCUT2D eigenvalue weighted by molar-refractivity contribution is 6.04. The molecule has 1 aliphatic rings. The molecule has 1 aromatic heterocycles. The summed E-state index contributed by atoms with van der Waals surface area (Å²) < 4.78 is 7.69. The van der Waals surface area contributed by atoms with Crippen molar-refractivity contribution in [3.8, 4) is 5.75 Å². The molecule has 0 bridgehead atoms. The molecule has 3 aromatic rings. The van der Waals surface area contributed by atoms with E-state index in [-0.39, 0.29) is 0 Å². The van der Waals surface area contributed by atoms with Crippen LogP contribution < -0.4 is 4.74 Å². The van der Waals surface area contributed by atoms with E-state index in [1.165, 1.54) is 49.8 Å². The molecule has 31 heavy (non-hydrogen) atoms. The molecular weight excluding hydrogens is 386 g/mol. The number of hydrogen-bond acceptors (Lipinski definition) is 2. The number of aromatic carboxylic acids is 1. The summed E-state index contributed by atoms with van der Waals surface area (Å²) in [6.45, 7) is 2.92.